The highest BCUT2D eigenvalue weighted by molar-refractivity contribution is 5.82. The van der Waals surface area contributed by atoms with Crippen LogP contribution in [0.4, 0.5) is 0 Å². The quantitative estimate of drug-likeness (QED) is 0.805. The van der Waals surface area contributed by atoms with Gasteiger partial charge in [-0.3, -0.25) is 14.5 Å². The molecule has 7 nitrogen and oxygen atoms in total. The minimum absolute atomic E-state index is 0.0369. The topological polar surface area (TPSA) is 88.1 Å². The minimum atomic E-state index is -0.824. The van der Waals surface area contributed by atoms with Gasteiger partial charge in [-0.1, -0.05) is 19.1 Å². The lowest BCUT2D eigenvalue weighted by Crippen LogP contribution is -2.58. The molecule has 1 heterocycles. The highest BCUT2D eigenvalue weighted by atomic mass is 16.6. The van der Waals surface area contributed by atoms with Gasteiger partial charge in [0.25, 0.3) is 5.91 Å². The largest absolute Gasteiger partial charge is 0.482 e. The molecule has 1 aliphatic carbocycles. The number of rotatable bonds is 6. The lowest BCUT2D eigenvalue weighted by Gasteiger charge is -2.43. The molecule has 1 fully saturated rings. The molecular formula is C18H24N2O5. The third-order valence-electron chi connectivity index (χ3n) is 4.82. The number of carboxylic acids is 1. The van der Waals surface area contributed by atoms with E-state index in [2.05, 4.69) is 5.32 Å². The first-order valence-corrected chi connectivity index (χ1v) is 8.66. The second kappa shape index (κ2) is 7.31. The number of benzene rings is 1. The van der Waals surface area contributed by atoms with Gasteiger partial charge in [0, 0.05) is 12.1 Å². The third kappa shape index (κ3) is 3.87. The number of nitrogens with zero attached hydrogens (tertiary/aromatic N) is 1. The summed E-state index contributed by atoms with van der Waals surface area (Å²) in [5.41, 5.74) is 0. The molecule has 2 unspecified atom stereocenters. The van der Waals surface area contributed by atoms with Crippen molar-refractivity contribution in [3.63, 3.8) is 0 Å². The van der Waals surface area contributed by atoms with Gasteiger partial charge in [-0.25, -0.2) is 0 Å². The Morgan fingerprint density at radius 3 is 2.48 bits per heavy atom. The summed E-state index contributed by atoms with van der Waals surface area (Å²) in [4.78, 5) is 25.3. The Hall–Kier alpha value is -2.28. The second-order valence-electron chi connectivity index (χ2n) is 6.60. The van der Waals surface area contributed by atoms with Gasteiger partial charge in [0.1, 0.15) is 6.10 Å². The zero-order valence-electron chi connectivity index (χ0n) is 14.5. The number of likely N-dealkylation sites (N-methyl/N-ethyl adjacent to an activating group) is 1. The molecule has 1 amide bonds. The average molecular weight is 348 g/mol. The highest BCUT2D eigenvalue weighted by Gasteiger charge is 2.39. The van der Waals surface area contributed by atoms with Crippen LogP contribution < -0.4 is 14.8 Å². The molecule has 3 rings (SSSR count). The van der Waals surface area contributed by atoms with E-state index < -0.39 is 12.1 Å². The number of aliphatic carboxylic acids is 1. The van der Waals surface area contributed by atoms with Gasteiger partial charge in [0.2, 0.25) is 6.10 Å². The first-order valence-electron chi connectivity index (χ1n) is 8.66. The maximum atomic E-state index is 12.5. The number of fused-ring (bicyclic) bond motifs is 1. The summed E-state index contributed by atoms with van der Waals surface area (Å²) < 4.78 is 11.6. The van der Waals surface area contributed by atoms with E-state index >= 15 is 0 Å². The van der Waals surface area contributed by atoms with Crippen LogP contribution in [-0.4, -0.2) is 59.3 Å². The number of para-hydroxylation sites is 2. The van der Waals surface area contributed by atoms with Crippen LogP contribution in [0.1, 0.15) is 26.7 Å². The van der Waals surface area contributed by atoms with Crippen LogP contribution in [0.3, 0.4) is 0 Å². The van der Waals surface area contributed by atoms with E-state index in [1.165, 1.54) is 0 Å². The lowest BCUT2D eigenvalue weighted by atomic mass is 9.85. The van der Waals surface area contributed by atoms with E-state index in [0.29, 0.717) is 18.0 Å². The van der Waals surface area contributed by atoms with Crippen molar-refractivity contribution in [2.75, 3.05) is 13.1 Å². The van der Waals surface area contributed by atoms with Crippen molar-refractivity contribution in [2.24, 2.45) is 0 Å². The molecule has 0 aromatic heterocycles. The van der Waals surface area contributed by atoms with Crippen LogP contribution in [0, 0.1) is 0 Å². The molecule has 0 spiro atoms. The van der Waals surface area contributed by atoms with Gasteiger partial charge in [0.05, 0.1) is 6.54 Å². The van der Waals surface area contributed by atoms with E-state index in [1.807, 2.05) is 36.9 Å². The van der Waals surface area contributed by atoms with E-state index in [0.717, 1.165) is 12.8 Å². The van der Waals surface area contributed by atoms with Gasteiger partial charge in [-0.05, 0) is 38.4 Å². The molecule has 0 radical (unpaired) electrons. The SMILES string of the molecule is CCN(CC(=O)O)C1CC(NC(=O)C2Oc3ccccc3OC2C)C1. The Kier molecular flexibility index (Phi) is 5.13. The predicted octanol–water partition coefficient (Wildman–Crippen LogP) is 1.27. The Morgan fingerprint density at radius 1 is 1.24 bits per heavy atom. The molecular weight excluding hydrogens is 324 g/mol. The lowest BCUT2D eigenvalue weighted by molar-refractivity contribution is -0.140. The number of hydrogen-bond donors (Lipinski definition) is 2. The van der Waals surface area contributed by atoms with Gasteiger partial charge < -0.3 is 19.9 Å². The van der Waals surface area contributed by atoms with Crippen molar-refractivity contribution < 1.29 is 24.2 Å². The number of nitrogens with one attached hydrogen (secondary N) is 1. The van der Waals surface area contributed by atoms with Crippen LogP contribution in [0.15, 0.2) is 24.3 Å². The minimum Gasteiger partial charge on any atom is -0.482 e. The second-order valence-corrected chi connectivity index (χ2v) is 6.60. The summed E-state index contributed by atoms with van der Waals surface area (Å²) in [6.07, 6.45) is 0.455. The van der Waals surface area contributed by atoms with Crippen LogP contribution in [0.25, 0.3) is 0 Å². The van der Waals surface area contributed by atoms with Gasteiger partial charge in [-0.15, -0.1) is 0 Å². The number of amides is 1. The third-order valence-corrected chi connectivity index (χ3v) is 4.82. The molecule has 7 heteroatoms. The van der Waals surface area contributed by atoms with Crippen molar-refractivity contribution in [3.05, 3.63) is 24.3 Å². The summed E-state index contributed by atoms with van der Waals surface area (Å²) in [6.45, 7) is 4.48. The molecule has 0 bridgehead atoms. The van der Waals surface area contributed by atoms with Gasteiger partial charge >= 0.3 is 5.97 Å². The van der Waals surface area contributed by atoms with Crippen molar-refractivity contribution in [1.29, 1.82) is 0 Å². The van der Waals surface area contributed by atoms with Crippen molar-refractivity contribution in [2.45, 2.75) is 51.0 Å². The maximum Gasteiger partial charge on any atom is 0.317 e. The number of carbonyl (C=O) groups is 2. The highest BCUT2D eigenvalue weighted by Crippen LogP contribution is 2.34. The Labute approximate surface area is 146 Å². The Morgan fingerprint density at radius 2 is 1.88 bits per heavy atom. The average Bonchev–Trinajstić information content (AvgIpc) is 2.54. The molecule has 1 saturated carbocycles. The summed E-state index contributed by atoms with van der Waals surface area (Å²) in [5, 5.41) is 11.9. The van der Waals surface area contributed by atoms with Crippen LogP contribution in [-0.2, 0) is 9.59 Å². The maximum absolute atomic E-state index is 12.5. The fourth-order valence-electron chi connectivity index (χ4n) is 3.37. The standard InChI is InChI=1S/C18H24N2O5/c1-3-20(10-16(21)22)13-8-12(9-13)19-18(23)17-11(2)24-14-6-4-5-7-15(14)25-17/h4-7,11-13,17H,3,8-10H2,1-2H3,(H,19,23)(H,21,22). The molecule has 1 aromatic rings. The van der Waals surface area contributed by atoms with Crippen molar-refractivity contribution in [1.82, 2.24) is 10.2 Å². The van der Waals surface area contributed by atoms with Gasteiger partial charge in [-0.2, -0.15) is 0 Å². The molecule has 1 aliphatic heterocycles. The monoisotopic (exact) mass is 348 g/mol. The number of hydrogen-bond acceptors (Lipinski definition) is 5. The molecule has 0 saturated heterocycles. The van der Waals surface area contributed by atoms with E-state index in [9.17, 15) is 9.59 Å². The van der Waals surface area contributed by atoms with E-state index in [-0.39, 0.29) is 30.6 Å². The Balaban J connectivity index is 1.52. The summed E-state index contributed by atoms with van der Waals surface area (Å²) in [6, 6.07) is 7.55. The molecule has 2 atom stereocenters. The van der Waals surface area contributed by atoms with E-state index in [4.69, 9.17) is 14.6 Å². The van der Waals surface area contributed by atoms with Crippen molar-refractivity contribution in [3.8, 4) is 11.5 Å². The molecule has 2 aliphatic rings. The van der Waals surface area contributed by atoms with E-state index in [1.54, 1.807) is 6.07 Å². The number of ether oxygens (including phenoxy) is 2. The zero-order valence-corrected chi connectivity index (χ0v) is 14.5. The molecule has 2 N–H and O–H groups in total. The Bertz CT molecular complexity index is 644. The first kappa shape index (κ1) is 17.5. The molecule has 25 heavy (non-hydrogen) atoms. The zero-order chi connectivity index (χ0) is 18.0. The fraction of sp³-hybridized carbons (Fsp3) is 0.556. The fourth-order valence-corrected chi connectivity index (χ4v) is 3.37. The van der Waals surface area contributed by atoms with Crippen LogP contribution in [0.2, 0.25) is 0 Å². The van der Waals surface area contributed by atoms with Crippen molar-refractivity contribution >= 4 is 11.9 Å². The first-order chi connectivity index (χ1) is 12.0. The molecule has 1 aromatic carbocycles. The number of carbonyl (C=O) groups excluding carboxylic acids is 1. The summed E-state index contributed by atoms with van der Waals surface area (Å²) in [5.74, 6) is 0.210. The van der Waals surface area contributed by atoms with Crippen LogP contribution >= 0.6 is 0 Å². The molecule has 136 valence electrons. The normalized spacial score (nSPS) is 27.5. The smallest absolute Gasteiger partial charge is 0.317 e. The predicted molar refractivity (Wildman–Crippen MR) is 90.8 cm³/mol. The van der Waals surface area contributed by atoms with Crippen LogP contribution in [0.5, 0.6) is 11.5 Å². The number of carboxylic acid groups (broad SMARTS) is 1. The summed E-state index contributed by atoms with van der Waals surface area (Å²) in [7, 11) is 0. The summed E-state index contributed by atoms with van der Waals surface area (Å²) >= 11 is 0. The van der Waals surface area contributed by atoms with Gasteiger partial charge in [0.15, 0.2) is 11.5 Å².